The summed E-state index contributed by atoms with van der Waals surface area (Å²) in [5, 5.41) is 25.2. The van der Waals surface area contributed by atoms with Gasteiger partial charge >= 0.3 is 0 Å². The van der Waals surface area contributed by atoms with Crippen molar-refractivity contribution >= 4 is 11.8 Å². The Bertz CT molecular complexity index is 790. The van der Waals surface area contributed by atoms with Crippen molar-refractivity contribution in [2.45, 2.75) is 114 Å². The number of aliphatic hydroxyl groups excluding tert-OH is 2. The van der Waals surface area contributed by atoms with Gasteiger partial charge in [-0.3, -0.25) is 9.59 Å². The zero-order valence-electron chi connectivity index (χ0n) is 22.7. The quantitative estimate of drug-likeness (QED) is 0.498. The molecule has 210 valence electrons. The predicted octanol–water partition coefficient (Wildman–Crippen LogP) is 2.31. The van der Waals surface area contributed by atoms with Crippen LogP contribution in [0.5, 0.6) is 0 Å². The number of carbonyl (C=O) groups is 2. The molecule has 0 spiro atoms. The SMILES string of the molecule is CN1CC(NC2CCCC3CCN(C(=O)C4C(O)CC(O)CC4OCC4CCCCC4)CC32)CCC1=O. The highest BCUT2D eigenvalue weighted by Gasteiger charge is 2.46. The molecule has 2 amide bonds. The largest absolute Gasteiger partial charge is 0.393 e. The van der Waals surface area contributed by atoms with Crippen molar-refractivity contribution in [3.05, 3.63) is 0 Å². The summed E-state index contributed by atoms with van der Waals surface area (Å²) in [7, 11) is 1.89. The monoisotopic (exact) mass is 519 g/mol. The molecule has 3 aliphatic carbocycles. The summed E-state index contributed by atoms with van der Waals surface area (Å²) >= 11 is 0. The lowest BCUT2D eigenvalue weighted by Gasteiger charge is -2.48. The van der Waals surface area contributed by atoms with Gasteiger partial charge in [0.25, 0.3) is 0 Å². The molecule has 3 saturated carbocycles. The fraction of sp³-hybridized carbons (Fsp3) is 0.931. The van der Waals surface area contributed by atoms with Crippen molar-refractivity contribution in [2.75, 3.05) is 33.3 Å². The van der Waals surface area contributed by atoms with Crippen molar-refractivity contribution in [3.8, 4) is 0 Å². The van der Waals surface area contributed by atoms with Crippen LogP contribution in [0.4, 0.5) is 0 Å². The van der Waals surface area contributed by atoms with Crippen molar-refractivity contribution in [2.24, 2.45) is 23.7 Å². The molecule has 2 saturated heterocycles. The van der Waals surface area contributed by atoms with Crippen LogP contribution in [-0.2, 0) is 14.3 Å². The first-order chi connectivity index (χ1) is 17.9. The van der Waals surface area contributed by atoms with E-state index < -0.39 is 24.2 Å². The van der Waals surface area contributed by atoms with Crippen molar-refractivity contribution in [3.63, 3.8) is 0 Å². The molecule has 3 N–H and O–H groups in total. The number of ether oxygens (including phenoxy) is 1. The van der Waals surface area contributed by atoms with Gasteiger partial charge in [-0.05, 0) is 56.3 Å². The van der Waals surface area contributed by atoms with Gasteiger partial charge in [0.1, 0.15) is 0 Å². The molecule has 8 atom stereocenters. The lowest BCUT2D eigenvalue weighted by Crippen LogP contribution is -2.59. The number of nitrogens with one attached hydrogen (secondary N) is 1. The van der Waals surface area contributed by atoms with Gasteiger partial charge in [-0.1, -0.05) is 25.7 Å². The van der Waals surface area contributed by atoms with E-state index in [0.29, 0.717) is 49.3 Å². The average Bonchev–Trinajstić information content (AvgIpc) is 2.89. The topological polar surface area (TPSA) is 102 Å². The highest BCUT2D eigenvalue weighted by atomic mass is 16.5. The summed E-state index contributed by atoms with van der Waals surface area (Å²) in [5.74, 6) is 1.21. The molecule has 2 aliphatic heterocycles. The van der Waals surface area contributed by atoms with Gasteiger partial charge in [0.05, 0.1) is 24.2 Å². The number of piperidine rings is 2. The normalized spacial score (nSPS) is 39.9. The maximum Gasteiger partial charge on any atom is 0.230 e. The molecule has 2 heterocycles. The smallest absolute Gasteiger partial charge is 0.230 e. The first kappa shape index (κ1) is 27.4. The highest BCUT2D eigenvalue weighted by molar-refractivity contribution is 5.80. The minimum atomic E-state index is -0.860. The van der Waals surface area contributed by atoms with E-state index in [4.69, 9.17) is 4.74 Å². The van der Waals surface area contributed by atoms with Crippen molar-refractivity contribution in [1.82, 2.24) is 15.1 Å². The lowest BCUT2D eigenvalue weighted by molar-refractivity contribution is -0.162. The van der Waals surface area contributed by atoms with E-state index in [2.05, 4.69) is 5.32 Å². The molecule has 37 heavy (non-hydrogen) atoms. The van der Waals surface area contributed by atoms with Crippen LogP contribution >= 0.6 is 0 Å². The number of hydrogen-bond donors (Lipinski definition) is 3. The summed E-state index contributed by atoms with van der Waals surface area (Å²) in [6.07, 6.45) is 11.0. The zero-order valence-corrected chi connectivity index (χ0v) is 22.7. The highest BCUT2D eigenvalue weighted by Crippen LogP contribution is 2.39. The van der Waals surface area contributed by atoms with Crippen LogP contribution in [0.3, 0.4) is 0 Å². The van der Waals surface area contributed by atoms with Crippen molar-refractivity contribution in [1.29, 1.82) is 0 Å². The maximum absolute atomic E-state index is 13.9. The number of hydrogen-bond acceptors (Lipinski definition) is 6. The number of aliphatic hydroxyl groups is 2. The molecule has 8 unspecified atom stereocenters. The predicted molar refractivity (Wildman–Crippen MR) is 141 cm³/mol. The van der Waals surface area contributed by atoms with Crippen LogP contribution in [0.1, 0.15) is 83.5 Å². The lowest BCUT2D eigenvalue weighted by atomic mass is 9.71. The number of likely N-dealkylation sites (tertiary alicyclic amines) is 2. The summed E-state index contributed by atoms with van der Waals surface area (Å²) in [4.78, 5) is 29.7. The van der Waals surface area contributed by atoms with Gasteiger partial charge in [-0.2, -0.15) is 0 Å². The molecule has 8 heteroatoms. The third kappa shape index (κ3) is 6.51. The number of nitrogens with zero attached hydrogens (tertiary/aromatic N) is 2. The van der Waals surface area contributed by atoms with Crippen LogP contribution in [-0.4, -0.2) is 95.5 Å². The van der Waals surface area contributed by atoms with Crippen molar-refractivity contribution < 1.29 is 24.5 Å². The summed E-state index contributed by atoms with van der Waals surface area (Å²) < 4.78 is 6.32. The molecular formula is C29H49N3O5. The van der Waals surface area contributed by atoms with Gasteiger partial charge in [0.15, 0.2) is 0 Å². The molecule has 0 radical (unpaired) electrons. The Morgan fingerprint density at radius 1 is 1.00 bits per heavy atom. The molecule has 5 fully saturated rings. The summed E-state index contributed by atoms with van der Waals surface area (Å²) in [6.45, 7) is 2.85. The number of likely N-dealkylation sites (N-methyl/N-ethyl adjacent to an activating group) is 1. The number of carbonyl (C=O) groups excluding carboxylic acids is 2. The third-order valence-corrected chi connectivity index (χ3v) is 10.2. The van der Waals surface area contributed by atoms with E-state index in [1.165, 1.54) is 44.9 Å². The molecule has 0 aromatic carbocycles. The molecule has 5 aliphatic rings. The molecular weight excluding hydrogens is 470 g/mol. The average molecular weight is 520 g/mol. The standard InChI is InChI=1S/C29H49N3O5/c1-31-16-21(10-11-27(31)35)30-24-9-5-8-20-12-13-32(17-23(20)24)29(36)28-25(34)14-22(33)15-26(28)37-18-19-6-3-2-4-7-19/h19-26,28,30,33-34H,2-18H2,1H3. The number of amides is 2. The molecule has 0 bridgehead atoms. The summed E-state index contributed by atoms with van der Waals surface area (Å²) in [6, 6.07) is 0.675. The van der Waals surface area contributed by atoms with Crippen LogP contribution in [0.2, 0.25) is 0 Å². The first-order valence-electron chi connectivity index (χ1n) is 15.2. The van der Waals surface area contributed by atoms with E-state index in [1.54, 1.807) is 0 Å². The van der Waals surface area contributed by atoms with Gasteiger partial charge in [-0.15, -0.1) is 0 Å². The minimum Gasteiger partial charge on any atom is -0.393 e. The minimum absolute atomic E-state index is 0.0128. The van der Waals surface area contributed by atoms with Gasteiger partial charge in [0.2, 0.25) is 11.8 Å². The second-order valence-electron chi connectivity index (χ2n) is 12.8. The van der Waals surface area contributed by atoms with E-state index in [0.717, 1.165) is 38.9 Å². The number of rotatable bonds is 6. The summed E-state index contributed by atoms with van der Waals surface area (Å²) in [5.41, 5.74) is 0. The molecule has 0 aromatic rings. The Morgan fingerprint density at radius 2 is 1.81 bits per heavy atom. The molecule has 0 aromatic heterocycles. The Morgan fingerprint density at radius 3 is 2.59 bits per heavy atom. The van der Waals surface area contributed by atoms with Gasteiger partial charge in [-0.25, -0.2) is 0 Å². The van der Waals surface area contributed by atoms with Gasteiger partial charge < -0.3 is 30.1 Å². The fourth-order valence-electron chi connectivity index (χ4n) is 8.02. The van der Waals surface area contributed by atoms with E-state index in [1.807, 2.05) is 16.8 Å². The van der Waals surface area contributed by atoms with Crippen LogP contribution in [0.25, 0.3) is 0 Å². The Balaban J connectivity index is 1.22. The molecule has 8 nitrogen and oxygen atoms in total. The Hall–Kier alpha value is -1.22. The number of fused-ring (bicyclic) bond motifs is 1. The van der Waals surface area contributed by atoms with Crippen LogP contribution in [0.15, 0.2) is 0 Å². The van der Waals surface area contributed by atoms with E-state index in [-0.39, 0.29) is 18.2 Å². The first-order valence-corrected chi connectivity index (χ1v) is 15.2. The maximum atomic E-state index is 13.9. The van der Waals surface area contributed by atoms with E-state index in [9.17, 15) is 19.8 Å². The third-order valence-electron chi connectivity index (χ3n) is 10.2. The second kappa shape index (κ2) is 12.3. The van der Waals surface area contributed by atoms with E-state index >= 15 is 0 Å². The fourth-order valence-corrected chi connectivity index (χ4v) is 8.02. The van der Waals surface area contributed by atoms with Crippen LogP contribution < -0.4 is 5.32 Å². The molecule has 5 rings (SSSR count). The Kier molecular flexibility index (Phi) is 9.10. The Labute approximate surface area is 222 Å². The second-order valence-corrected chi connectivity index (χ2v) is 12.8. The zero-order chi connectivity index (χ0) is 25.9. The van der Waals surface area contributed by atoms with Crippen LogP contribution in [0, 0.1) is 23.7 Å². The van der Waals surface area contributed by atoms with Gasteiger partial charge in [0, 0.05) is 64.6 Å².